The number of halogens is 8. The topological polar surface area (TPSA) is 38.7 Å². The van der Waals surface area contributed by atoms with Crippen molar-refractivity contribution in [3.63, 3.8) is 0 Å². The van der Waals surface area contributed by atoms with Gasteiger partial charge < -0.3 is 14.6 Å². The van der Waals surface area contributed by atoms with Crippen molar-refractivity contribution in [2.75, 3.05) is 13.7 Å². The van der Waals surface area contributed by atoms with Crippen molar-refractivity contribution in [2.45, 2.75) is 27.4 Å². The van der Waals surface area contributed by atoms with Crippen molar-refractivity contribution in [1.82, 2.24) is 0 Å². The van der Waals surface area contributed by atoms with E-state index in [0.29, 0.717) is 29.7 Å². The number of hydrogen-bond acceptors (Lipinski definition) is 3. The monoisotopic (exact) mass is 398 g/mol. The van der Waals surface area contributed by atoms with Gasteiger partial charge in [0.2, 0.25) is 0 Å². The van der Waals surface area contributed by atoms with Crippen LogP contribution in [0.2, 0.25) is 0 Å². The summed E-state index contributed by atoms with van der Waals surface area (Å²) in [6, 6.07) is 0. The molecule has 1 rings (SSSR count). The van der Waals surface area contributed by atoms with Crippen LogP contribution in [0.15, 0.2) is 0 Å². The molecular formula is C7H6F7IO3. The summed E-state index contributed by atoms with van der Waals surface area (Å²) >= 11 is 0.343. The van der Waals surface area contributed by atoms with Gasteiger partial charge in [-0.25, -0.2) is 0 Å². The second-order valence-corrected chi connectivity index (χ2v) is 5.03. The Morgan fingerprint density at radius 2 is 1.67 bits per heavy atom. The van der Waals surface area contributed by atoms with Crippen LogP contribution in [0.1, 0.15) is 0 Å². The van der Waals surface area contributed by atoms with Gasteiger partial charge in [-0.15, -0.1) is 0 Å². The lowest BCUT2D eigenvalue weighted by atomic mass is 9.94. The zero-order valence-electron chi connectivity index (χ0n) is 8.49. The highest BCUT2D eigenvalue weighted by Crippen LogP contribution is 2.60. The molecule has 0 spiro atoms. The Labute approximate surface area is 109 Å². The number of alkyl halides is 8. The van der Waals surface area contributed by atoms with Crippen molar-refractivity contribution in [3.8, 4) is 0 Å². The van der Waals surface area contributed by atoms with Crippen molar-refractivity contribution in [1.29, 1.82) is 0 Å². The Kier molecular flexibility index (Phi) is 3.64. The third-order valence-electron chi connectivity index (χ3n) is 2.43. The van der Waals surface area contributed by atoms with Crippen molar-refractivity contribution in [3.05, 3.63) is 0 Å². The molecule has 1 N–H and O–H groups in total. The maximum absolute atomic E-state index is 13.6. The molecule has 1 fully saturated rings. The van der Waals surface area contributed by atoms with E-state index in [2.05, 4.69) is 9.47 Å². The Morgan fingerprint density at radius 3 is 2.00 bits per heavy atom. The molecule has 0 aliphatic carbocycles. The van der Waals surface area contributed by atoms with Gasteiger partial charge in [0.1, 0.15) is 6.61 Å². The van der Waals surface area contributed by atoms with Gasteiger partial charge >= 0.3 is 23.8 Å². The van der Waals surface area contributed by atoms with E-state index in [-0.39, 0.29) is 0 Å². The van der Waals surface area contributed by atoms with Gasteiger partial charge in [0.05, 0.1) is 0 Å². The quantitative estimate of drug-likeness (QED) is 0.419. The van der Waals surface area contributed by atoms with Crippen LogP contribution in [0.3, 0.4) is 0 Å². The molecule has 0 aromatic heterocycles. The number of methoxy groups -OCH3 is 1. The summed E-state index contributed by atoms with van der Waals surface area (Å²) in [6.45, 7) is -2.06. The van der Waals surface area contributed by atoms with Gasteiger partial charge in [0.25, 0.3) is 3.61 Å². The number of ether oxygens (including phenoxy) is 2. The summed E-state index contributed by atoms with van der Waals surface area (Å²) in [4.78, 5) is 0. The van der Waals surface area contributed by atoms with E-state index in [1.165, 1.54) is 0 Å². The fourth-order valence-corrected chi connectivity index (χ4v) is 1.88. The molecule has 0 bridgehead atoms. The van der Waals surface area contributed by atoms with Crippen LogP contribution >= 0.6 is 22.6 Å². The van der Waals surface area contributed by atoms with Gasteiger partial charge in [0.15, 0.2) is 0 Å². The van der Waals surface area contributed by atoms with Gasteiger partial charge in [-0.3, -0.25) is 0 Å². The lowest BCUT2D eigenvalue weighted by molar-refractivity contribution is -0.484. The molecule has 0 radical (unpaired) electrons. The minimum absolute atomic E-state index is 0.343. The van der Waals surface area contributed by atoms with E-state index in [1.807, 2.05) is 0 Å². The van der Waals surface area contributed by atoms with Crippen LogP contribution in [-0.2, 0) is 9.47 Å². The predicted molar refractivity (Wildman–Crippen MR) is 50.6 cm³/mol. The number of rotatable bonds is 1. The van der Waals surface area contributed by atoms with E-state index < -0.39 is 34.0 Å². The van der Waals surface area contributed by atoms with Crippen LogP contribution in [0.4, 0.5) is 30.7 Å². The predicted octanol–water partition coefficient (Wildman–Crippen LogP) is 2.32. The van der Waals surface area contributed by atoms with Crippen molar-refractivity contribution in [2.24, 2.45) is 0 Å². The van der Waals surface area contributed by atoms with Crippen LogP contribution in [-0.4, -0.2) is 46.2 Å². The fraction of sp³-hybridized carbons (Fsp3) is 1.00. The molecule has 0 saturated carbocycles. The molecule has 0 amide bonds. The molecule has 2 unspecified atom stereocenters. The molecule has 1 aliphatic rings. The zero-order valence-corrected chi connectivity index (χ0v) is 10.7. The average molecular weight is 398 g/mol. The SMILES string of the molecule is COC1(I)C(F)(F)COC(O)(C(F)(F)F)C1(F)F. The Bertz CT molecular complexity index is 340. The molecule has 0 aromatic carbocycles. The normalized spacial score (nSPS) is 39.7. The number of aliphatic hydroxyl groups is 1. The highest BCUT2D eigenvalue weighted by molar-refractivity contribution is 14.1. The smallest absolute Gasteiger partial charge is 0.357 e. The summed E-state index contributed by atoms with van der Waals surface area (Å²) in [5.41, 5.74) is 0. The third kappa shape index (κ3) is 1.73. The van der Waals surface area contributed by atoms with E-state index >= 15 is 0 Å². The van der Waals surface area contributed by atoms with Gasteiger partial charge in [0, 0.05) is 7.11 Å². The summed E-state index contributed by atoms with van der Waals surface area (Å²) in [5, 5.41) is 8.92. The second-order valence-electron chi connectivity index (χ2n) is 3.51. The van der Waals surface area contributed by atoms with Crippen LogP contribution in [0.5, 0.6) is 0 Å². The first-order chi connectivity index (χ1) is 7.77. The lowest BCUT2D eigenvalue weighted by Crippen LogP contribution is -2.77. The molecule has 11 heteroatoms. The molecule has 108 valence electrons. The van der Waals surface area contributed by atoms with Gasteiger partial charge in [-0.2, -0.15) is 30.7 Å². The van der Waals surface area contributed by atoms with Gasteiger partial charge in [-0.05, 0) is 22.6 Å². The van der Waals surface area contributed by atoms with Crippen molar-refractivity contribution >= 4 is 22.6 Å². The van der Waals surface area contributed by atoms with Crippen molar-refractivity contribution < 1.29 is 45.3 Å². The third-order valence-corrected chi connectivity index (χ3v) is 4.33. The van der Waals surface area contributed by atoms with Crippen LogP contribution < -0.4 is 0 Å². The highest BCUT2D eigenvalue weighted by Gasteiger charge is 2.86. The highest BCUT2D eigenvalue weighted by atomic mass is 127. The summed E-state index contributed by atoms with van der Waals surface area (Å²) in [6.07, 6.45) is -5.97. The maximum atomic E-state index is 13.6. The Morgan fingerprint density at radius 1 is 1.22 bits per heavy atom. The van der Waals surface area contributed by atoms with Crippen LogP contribution in [0.25, 0.3) is 0 Å². The van der Waals surface area contributed by atoms with E-state index in [4.69, 9.17) is 5.11 Å². The number of hydrogen-bond donors (Lipinski definition) is 1. The fourth-order valence-electron chi connectivity index (χ4n) is 1.36. The molecule has 1 saturated heterocycles. The lowest BCUT2D eigenvalue weighted by Gasteiger charge is -2.50. The molecule has 1 aliphatic heterocycles. The molecule has 18 heavy (non-hydrogen) atoms. The first-order valence-electron chi connectivity index (χ1n) is 4.19. The molecule has 3 nitrogen and oxygen atoms in total. The second kappa shape index (κ2) is 4.06. The van der Waals surface area contributed by atoms with E-state index in [1.54, 1.807) is 0 Å². The molecular weight excluding hydrogens is 392 g/mol. The Balaban J connectivity index is 3.43. The minimum Gasteiger partial charge on any atom is -0.357 e. The summed E-state index contributed by atoms with van der Waals surface area (Å²) < 4.78 is 94.1. The summed E-state index contributed by atoms with van der Waals surface area (Å²) in [5.74, 6) is -14.9. The molecule has 1 heterocycles. The largest absolute Gasteiger partial charge is 0.449 e. The minimum atomic E-state index is -5.97. The molecule has 2 atom stereocenters. The zero-order chi connectivity index (χ0) is 14.6. The van der Waals surface area contributed by atoms with Gasteiger partial charge in [-0.1, -0.05) is 0 Å². The van der Waals surface area contributed by atoms with Crippen LogP contribution in [0, 0.1) is 0 Å². The average Bonchev–Trinajstić information content (AvgIpc) is 2.20. The maximum Gasteiger partial charge on any atom is 0.449 e. The Hall–Kier alpha value is 0.120. The summed E-state index contributed by atoms with van der Waals surface area (Å²) in [7, 11) is 0.385. The first-order valence-corrected chi connectivity index (χ1v) is 5.27. The van der Waals surface area contributed by atoms with E-state index in [0.717, 1.165) is 0 Å². The van der Waals surface area contributed by atoms with E-state index in [9.17, 15) is 30.7 Å². The molecule has 0 aromatic rings. The first kappa shape index (κ1) is 16.2. The standard InChI is InChI=1S/C7H6F7IO3/c1-17-5(15)3(8,9)2-18-6(16,4(5,10)11)7(12,13)14/h16H,2H2,1H3.